The number of para-hydroxylation sites is 1. The molecule has 4 aliphatic rings. The molecule has 3 amide bonds. The van der Waals surface area contributed by atoms with Crippen LogP contribution in [-0.2, 0) is 29.9 Å². The van der Waals surface area contributed by atoms with Crippen molar-refractivity contribution in [3.05, 3.63) is 59.9 Å². The van der Waals surface area contributed by atoms with E-state index < -0.39 is 39.7 Å². The Morgan fingerprint density at radius 3 is 2.66 bits per heavy atom. The Labute approximate surface area is 239 Å². The number of nitrogens with zero attached hydrogens (tertiary/aromatic N) is 4. The maximum atomic E-state index is 14.5. The van der Waals surface area contributed by atoms with Crippen molar-refractivity contribution in [1.82, 2.24) is 15.1 Å². The Morgan fingerprint density at radius 2 is 1.88 bits per heavy atom. The maximum absolute atomic E-state index is 14.5. The summed E-state index contributed by atoms with van der Waals surface area (Å²) in [7, 11) is -3.90. The highest BCUT2D eigenvalue weighted by Crippen LogP contribution is 2.57. The van der Waals surface area contributed by atoms with Gasteiger partial charge in [-0.05, 0) is 56.5 Å². The van der Waals surface area contributed by atoms with E-state index in [2.05, 4.69) is 10.2 Å². The summed E-state index contributed by atoms with van der Waals surface area (Å²) in [6.45, 7) is 1.19. The third-order valence-corrected chi connectivity index (χ3v) is 10.1. The smallest absolute Gasteiger partial charge is 0.253 e. The van der Waals surface area contributed by atoms with Crippen molar-refractivity contribution in [2.45, 2.75) is 37.3 Å². The minimum Gasteiger partial charge on any atom is -0.356 e. The molecule has 3 atom stereocenters. The number of anilines is 2. The molecule has 3 saturated heterocycles. The molecule has 4 aliphatic heterocycles. The summed E-state index contributed by atoms with van der Waals surface area (Å²) in [5.41, 5.74) is 0.564. The predicted octanol–water partition coefficient (Wildman–Crippen LogP) is 1.67. The van der Waals surface area contributed by atoms with Crippen LogP contribution in [0.15, 0.2) is 48.5 Å². The number of hydrogen-bond donors (Lipinski definition) is 1. The number of benzene rings is 2. The van der Waals surface area contributed by atoms with Crippen molar-refractivity contribution in [3.63, 3.8) is 0 Å². The van der Waals surface area contributed by atoms with Gasteiger partial charge in [-0.1, -0.05) is 24.3 Å². The highest BCUT2D eigenvalue weighted by molar-refractivity contribution is 7.92. The van der Waals surface area contributed by atoms with Crippen LogP contribution in [0.2, 0.25) is 0 Å². The van der Waals surface area contributed by atoms with Crippen LogP contribution in [0.1, 0.15) is 31.2 Å². The van der Waals surface area contributed by atoms with Gasteiger partial charge in [0.05, 0.1) is 17.9 Å². The van der Waals surface area contributed by atoms with Gasteiger partial charge < -0.3 is 15.1 Å². The minimum absolute atomic E-state index is 0.0560. The van der Waals surface area contributed by atoms with Gasteiger partial charge >= 0.3 is 0 Å². The summed E-state index contributed by atoms with van der Waals surface area (Å²) in [5.74, 6) is -1.89. The number of fused-ring (bicyclic) bond motifs is 4. The quantitative estimate of drug-likeness (QED) is 0.587. The fraction of sp³-hybridized carbons (Fsp3) is 0.483. The predicted molar refractivity (Wildman–Crippen MR) is 151 cm³/mol. The van der Waals surface area contributed by atoms with Gasteiger partial charge in [0.25, 0.3) is 5.91 Å². The summed E-state index contributed by atoms with van der Waals surface area (Å²) >= 11 is 0. The third-order valence-electron chi connectivity index (χ3n) is 8.96. The first-order valence-corrected chi connectivity index (χ1v) is 15.9. The topological polar surface area (TPSA) is 110 Å². The van der Waals surface area contributed by atoms with Gasteiger partial charge in [0, 0.05) is 43.5 Å². The molecular formula is C29H34FN5O5S. The van der Waals surface area contributed by atoms with Crippen LogP contribution in [0, 0.1) is 11.7 Å². The van der Waals surface area contributed by atoms with Crippen LogP contribution in [0.4, 0.5) is 15.8 Å². The molecule has 0 radical (unpaired) electrons. The number of carbonyl (C=O) groups excluding carboxylic acids is 3. The first kappa shape index (κ1) is 27.6. The first-order valence-electron chi connectivity index (χ1n) is 14.1. The molecule has 6 rings (SSSR count). The molecule has 2 bridgehead atoms. The molecule has 218 valence electrons. The fourth-order valence-electron chi connectivity index (χ4n) is 7.22. The number of amides is 3. The van der Waals surface area contributed by atoms with Crippen molar-refractivity contribution in [2.24, 2.45) is 5.92 Å². The molecule has 0 saturated carbocycles. The molecule has 12 heteroatoms. The summed E-state index contributed by atoms with van der Waals surface area (Å²) in [4.78, 5) is 47.1. The van der Waals surface area contributed by atoms with E-state index in [0.29, 0.717) is 19.4 Å². The lowest BCUT2D eigenvalue weighted by Crippen LogP contribution is -2.57. The molecule has 10 nitrogen and oxygen atoms in total. The van der Waals surface area contributed by atoms with Gasteiger partial charge in [0.2, 0.25) is 21.8 Å². The molecule has 1 N–H and O–H groups in total. The van der Waals surface area contributed by atoms with E-state index in [4.69, 9.17) is 0 Å². The van der Waals surface area contributed by atoms with Crippen molar-refractivity contribution in [2.75, 3.05) is 54.7 Å². The second-order valence-corrected chi connectivity index (χ2v) is 13.2. The lowest BCUT2D eigenvalue weighted by atomic mass is 9.78. The number of nitrogens with one attached hydrogen (secondary N) is 1. The normalized spacial score (nSPS) is 26.5. The molecule has 4 heterocycles. The monoisotopic (exact) mass is 583 g/mol. The molecule has 41 heavy (non-hydrogen) atoms. The van der Waals surface area contributed by atoms with E-state index >= 15 is 0 Å². The van der Waals surface area contributed by atoms with Crippen molar-refractivity contribution >= 4 is 39.1 Å². The van der Waals surface area contributed by atoms with Crippen LogP contribution in [0.25, 0.3) is 0 Å². The molecule has 0 aromatic heterocycles. The minimum atomic E-state index is -3.90. The highest BCUT2D eigenvalue weighted by Gasteiger charge is 2.67. The lowest BCUT2D eigenvalue weighted by molar-refractivity contribution is -0.139. The van der Waals surface area contributed by atoms with Crippen LogP contribution >= 0.6 is 0 Å². The van der Waals surface area contributed by atoms with E-state index in [1.807, 2.05) is 24.3 Å². The van der Waals surface area contributed by atoms with Crippen molar-refractivity contribution < 1.29 is 27.2 Å². The largest absolute Gasteiger partial charge is 0.356 e. The molecule has 2 aromatic carbocycles. The van der Waals surface area contributed by atoms with Crippen molar-refractivity contribution in [1.29, 1.82) is 0 Å². The van der Waals surface area contributed by atoms with Crippen molar-refractivity contribution in [3.8, 4) is 0 Å². The Morgan fingerprint density at radius 1 is 1.07 bits per heavy atom. The standard InChI is InChI=1S/C29H34FN5O5S/c1-41(39,40)35(22-8-4-7-20(30)17-22)19-26(36)32-13-6-12-31-27(37)24-18-21-9-5-14-34(21)29(24)23-10-2-3-11-25(23)33(16-15-32)28(29)38/h2-4,7-8,10-11,17,21,24H,5-6,9,12-16,18-19H2,1H3,(H,31,37)/t21-,24-,29+/m0/s1. The summed E-state index contributed by atoms with van der Waals surface area (Å²) in [6, 6.07) is 12.9. The SMILES string of the molecule is CS(=O)(=O)N(CC(=O)N1CCCNC(=O)[C@@H]2C[C@@H]3CCCN3[C@@]23C(=O)N(CC1)c1ccccc13)c1cccc(F)c1. The van der Waals surface area contributed by atoms with Gasteiger partial charge in [-0.2, -0.15) is 0 Å². The van der Waals surface area contributed by atoms with Gasteiger partial charge in [-0.25, -0.2) is 12.8 Å². The average Bonchev–Trinajstić information content (AvgIpc) is 3.59. The molecule has 0 unspecified atom stereocenters. The zero-order chi connectivity index (χ0) is 28.9. The fourth-order valence-corrected chi connectivity index (χ4v) is 8.06. The van der Waals surface area contributed by atoms with Crippen LogP contribution in [-0.4, -0.2) is 87.5 Å². The van der Waals surface area contributed by atoms with E-state index in [1.54, 1.807) is 4.90 Å². The Hall–Kier alpha value is -3.51. The molecular weight excluding hydrogens is 549 g/mol. The second kappa shape index (κ2) is 10.4. The number of hydrogen-bond acceptors (Lipinski definition) is 6. The number of sulfonamides is 1. The number of halogens is 1. The average molecular weight is 584 g/mol. The Kier molecular flexibility index (Phi) is 7.01. The summed E-state index contributed by atoms with van der Waals surface area (Å²) in [6.07, 6.45) is 3.99. The summed E-state index contributed by atoms with van der Waals surface area (Å²) in [5, 5.41) is 3.02. The molecule has 3 fully saturated rings. The van der Waals surface area contributed by atoms with E-state index in [1.165, 1.54) is 23.1 Å². The van der Waals surface area contributed by atoms with Gasteiger partial charge in [0.1, 0.15) is 17.9 Å². The van der Waals surface area contributed by atoms with Gasteiger partial charge in [-0.3, -0.25) is 23.6 Å². The Balaban J connectivity index is 1.32. The van der Waals surface area contributed by atoms with E-state index in [0.717, 1.165) is 47.3 Å². The summed E-state index contributed by atoms with van der Waals surface area (Å²) < 4.78 is 40.0. The molecule has 0 aliphatic carbocycles. The van der Waals surface area contributed by atoms with Gasteiger partial charge in [-0.15, -0.1) is 0 Å². The zero-order valence-corrected chi connectivity index (χ0v) is 23.8. The molecule has 1 spiro atoms. The van der Waals surface area contributed by atoms with Crippen LogP contribution in [0.3, 0.4) is 0 Å². The Bertz CT molecular complexity index is 1500. The molecule has 2 aromatic rings. The van der Waals surface area contributed by atoms with Crippen LogP contribution < -0.4 is 14.5 Å². The lowest BCUT2D eigenvalue weighted by Gasteiger charge is -2.38. The van der Waals surface area contributed by atoms with Crippen LogP contribution in [0.5, 0.6) is 0 Å². The third kappa shape index (κ3) is 4.57. The zero-order valence-electron chi connectivity index (χ0n) is 23.0. The maximum Gasteiger partial charge on any atom is 0.253 e. The van der Waals surface area contributed by atoms with E-state index in [9.17, 15) is 27.2 Å². The highest BCUT2D eigenvalue weighted by atomic mass is 32.2. The number of rotatable bonds is 4. The number of carbonyl (C=O) groups is 3. The second-order valence-electron chi connectivity index (χ2n) is 11.3. The first-order chi connectivity index (χ1) is 19.6. The van der Waals surface area contributed by atoms with Gasteiger partial charge in [0.15, 0.2) is 0 Å². The van der Waals surface area contributed by atoms with E-state index in [-0.39, 0.29) is 43.2 Å².